The van der Waals surface area contributed by atoms with Crippen LogP contribution in [0.3, 0.4) is 0 Å². The van der Waals surface area contributed by atoms with E-state index in [4.69, 9.17) is 28.9 Å². The number of hydrogen-bond acceptors (Lipinski definition) is 1. The molecule has 15 heavy (non-hydrogen) atoms. The number of nitrogen functional groups attached to an aromatic ring is 1. The first-order chi connectivity index (χ1) is 7.18. The average Bonchev–Trinajstić information content (AvgIpc) is 2.22. The van der Waals surface area contributed by atoms with Gasteiger partial charge in [-0.15, -0.1) is 0 Å². The first-order valence-electron chi connectivity index (χ1n) is 4.48. The van der Waals surface area contributed by atoms with Gasteiger partial charge in [0.1, 0.15) is 0 Å². The lowest BCUT2D eigenvalue weighted by Crippen LogP contribution is -1.86. The molecule has 2 N–H and O–H groups in total. The molecule has 0 aliphatic heterocycles. The van der Waals surface area contributed by atoms with Gasteiger partial charge in [-0.05, 0) is 23.8 Å². The molecule has 2 aromatic carbocycles. The molecule has 0 bridgehead atoms. The SMILES string of the molecule is Nc1cccc(-c2cccc(Cl)c2Cl)c1. The second-order valence-corrected chi connectivity index (χ2v) is 4.01. The first kappa shape index (κ1) is 10.3. The van der Waals surface area contributed by atoms with Crippen molar-refractivity contribution in [1.82, 2.24) is 0 Å². The van der Waals surface area contributed by atoms with E-state index in [2.05, 4.69) is 0 Å². The van der Waals surface area contributed by atoms with Crippen molar-refractivity contribution < 1.29 is 0 Å². The Hall–Kier alpha value is -1.18. The fourth-order valence-corrected chi connectivity index (χ4v) is 1.84. The van der Waals surface area contributed by atoms with Gasteiger partial charge < -0.3 is 5.73 Å². The van der Waals surface area contributed by atoms with E-state index in [1.807, 2.05) is 36.4 Å². The van der Waals surface area contributed by atoms with Crippen LogP contribution in [0.2, 0.25) is 10.0 Å². The highest BCUT2D eigenvalue weighted by Crippen LogP contribution is 2.33. The van der Waals surface area contributed by atoms with Crippen molar-refractivity contribution in [2.75, 3.05) is 5.73 Å². The van der Waals surface area contributed by atoms with Crippen molar-refractivity contribution in [2.45, 2.75) is 0 Å². The van der Waals surface area contributed by atoms with Crippen LogP contribution in [0.1, 0.15) is 0 Å². The normalized spacial score (nSPS) is 10.3. The smallest absolute Gasteiger partial charge is 0.0670 e. The zero-order chi connectivity index (χ0) is 10.8. The van der Waals surface area contributed by atoms with Gasteiger partial charge in [0.25, 0.3) is 0 Å². The molecule has 0 aliphatic carbocycles. The Bertz CT molecular complexity index is 495. The molecular weight excluding hydrogens is 229 g/mol. The van der Waals surface area contributed by atoms with Crippen molar-refractivity contribution in [3.05, 3.63) is 52.5 Å². The van der Waals surface area contributed by atoms with E-state index in [9.17, 15) is 0 Å². The van der Waals surface area contributed by atoms with Crippen molar-refractivity contribution in [1.29, 1.82) is 0 Å². The van der Waals surface area contributed by atoms with Crippen LogP contribution >= 0.6 is 23.2 Å². The first-order valence-corrected chi connectivity index (χ1v) is 5.24. The Kier molecular flexibility index (Phi) is 2.85. The number of rotatable bonds is 1. The van der Waals surface area contributed by atoms with Crippen molar-refractivity contribution in [3.8, 4) is 11.1 Å². The molecule has 76 valence electrons. The average molecular weight is 238 g/mol. The largest absolute Gasteiger partial charge is 0.399 e. The topological polar surface area (TPSA) is 26.0 Å². The molecule has 0 unspecified atom stereocenters. The molecule has 0 saturated heterocycles. The maximum absolute atomic E-state index is 6.11. The highest BCUT2D eigenvalue weighted by Gasteiger charge is 2.06. The summed E-state index contributed by atoms with van der Waals surface area (Å²) in [4.78, 5) is 0. The van der Waals surface area contributed by atoms with Crippen LogP contribution in [0.5, 0.6) is 0 Å². The van der Waals surface area contributed by atoms with Gasteiger partial charge in [0, 0.05) is 11.3 Å². The summed E-state index contributed by atoms with van der Waals surface area (Å²) in [6.07, 6.45) is 0. The third kappa shape index (κ3) is 2.09. The molecule has 2 aromatic rings. The zero-order valence-corrected chi connectivity index (χ0v) is 9.39. The van der Waals surface area contributed by atoms with Crippen LogP contribution in [0, 0.1) is 0 Å². The van der Waals surface area contributed by atoms with Crippen molar-refractivity contribution in [2.24, 2.45) is 0 Å². The number of hydrogen-bond donors (Lipinski definition) is 1. The molecular formula is C12H9Cl2N. The second kappa shape index (κ2) is 4.13. The van der Waals surface area contributed by atoms with Gasteiger partial charge in [0.15, 0.2) is 0 Å². The van der Waals surface area contributed by atoms with E-state index in [1.54, 1.807) is 6.07 Å². The Balaban J connectivity index is 2.59. The van der Waals surface area contributed by atoms with Gasteiger partial charge in [-0.2, -0.15) is 0 Å². The van der Waals surface area contributed by atoms with Crippen LogP contribution in [0.25, 0.3) is 11.1 Å². The second-order valence-electron chi connectivity index (χ2n) is 3.23. The van der Waals surface area contributed by atoms with E-state index in [0.717, 1.165) is 11.1 Å². The van der Waals surface area contributed by atoms with E-state index < -0.39 is 0 Å². The van der Waals surface area contributed by atoms with Crippen LogP contribution < -0.4 is 5.73 Å². The fraction of sp³-hybridized carbons (Fsp3) is 0. The minimum absolute atomic E-state index is 0.552. The molecule has 0 amide bonds. The Morgan fingerprint density at radius 1 is 0.933 bits per heavy atom. The monoisotopic (exact) mass is 237 g/mol. The third-order valence-corrected chi connectivity index (χ3v) is 2.97. The molecule has 0 aliphatic rings. The lowest BCUT2D eigenvalue weighted by molar-refractivity contribution is 1.61. The standard InChI is InChI=1S/C12H9Cl2N/c13-11-6-2-5-10(12(11)14)8-3-1-4-9(15)7-8/h1-7H,15H2. The van der Waals surface area contributed by atoms with Gasteiger partial charge in [-0.1, -0.05) is 47.5 Å². The summed E-state index contributed by atoms with van der Waals surface area (Å²) in [7, 11) is 0. The molecule has 0 atom stereocenters. The van der Waals surface area contributed by atoms with Gasteiger partial charge in [0.05, 0.1) is 10.0 Å². The maximum Gasteiger partial charge on any atom is 0.0670 e. The van der Waals surface area contributed by atoms with Gasteiger partial charge in [-0.25, -0.2) is 0 Å². The highest BCUT2D eigenvalue weighted by molar-refractivity contribution is 6.43. The number of halogens is 2. The van der Waals surface area contributed by atoms with Gasteiger partial charge in [0.2, 0.25) is 0 Å². The molecule has 0 aromatic heterocycles. The Morgan fingerprint density at radius 3 is 2.40 bits per heavy atom. The molecule has 3 heteroatoms. The summed E-state index contributed by atoms with van der Waals surface area (Å²) < 4.78 is 0. The third-order valence-electron chi connectivity index (χ3n) is 2.15. The molecule has 2 rings (SSSR count). The van der Waals surface area contributed by atoms with E-state index in [0.29, 0.717) is 15.7 Å². The van der Waals surface area contributed by atoms with Crippen LogP contribution in [0.4, 0.5) is 5.69 Å². The summed E-state index contributed by atoms with van der Waals surface area (Å²) in [5.74, 6) is 0. The number of anilines is 1. The van der Waals surface area contributed by atoms with E-state index in [-0.39, 0.29) is 0 Å². The minimum Gasteiger partial charge on any atom is -0.399 e. The Morgan fingerprint density at radius 2 is 1.67 bits per heavy atom. The predicted molar refractivity (Wildman–Crippen MR) is 66.3 cm³/mol. The summed E-state index contributed by atoms with van der Waals surface area (Å²) in [5, 5.41) is 1.11. The lowest BCUT2D eigenvalue weighted by atomic mass is 10.1. The van der Waals surface area contributed by atoms with E-state index >= 15 is 0 Å². The van der Waals surface area contributed by atoms with Crippen molar-refractivity contribution >= 4 is 28.9 Å². The van der Waals surface area contributed by atoms with Gasteiger partial charge in [-0.3, -0.25) is 0 Å². The van der Waals surface area contributed by atoms with E-state index in [1.165, 1.54) is 0 Å². The molecule has 0 radical (unpaired) electrons. The summed E-state index contributed by atoms with van der Waals surface area (Å²) in [5.41, 5.74) is 8.29. The van der Waals surface area contributed by atoms with Crippen molar-refractivity contribution in [3.63, 3.8) is 0 Å². The molecule has 0 spiro atoms. The van der Waals surface area contributed by atoms with Gasteiger partial charge >= 0.3 is 0 Å². The van der Waals surface area contributed by atoms with Crippen LogP contribution in [-0.2, 0) is 0 Å². The van der Waals surface area contributed by atoms with Crippen LogP contribution in [-0.4, -0.2) is 0 Å². The minimum atomic E-state index is 0.552. The van der Waals surface area contributed by atoms with Crippen LogP contribution in [0.15, 0.2) is 42.5 Å². The lowest BCUT2D eigenvalue weighted by Gasteiger charge is -2.06. The number of nitrogens with two attached hydrogens (primary N) is 1. The highest BCUT2D eigenvalue weighted by atomic mass is 35.5. The molecule has 0 saturated carbocycles. The molecule has 1 nitrogen and oxygen atoms in total. The molecule has 0 fully saturated rings. The summed E-state index contributed by atoms with van der Waals surface area (Å²) in [6, 6.07) is 13.1. The summed E-state index contributed by atoms with van der Waals surface area (Å²) in [6.45, 7) is 0. The maximum atomic E-state index is 6.11. The molecule has 0 heterocycles. The zero-order valence-electron chi connectivity index (χ0n) is 7.87. The predicted octanol–water partition coefficient (Wildman–Crippen LogP) is 4.24. The Labute approximate surface area is 98.4 Å². The number of benzene rings is 2. The summed E-state index contributed by atoms with van der Waals surface area (Å²) >= 11 is 12.0. The fourth-order valence-electron chi connectivity index (χ4n) is 1.43. The quantitative estimate of drug-likeness (QED) is 0.738.